The van der Waals surface area contributed by atoms with E-state index in [1.165, 1.54) is 5.56 Å². The summed E-state index contributed by atoms with van der Waals surface area (Å²) in [4.78, 5) is 20.3. The number of Topliss-reactive ketones (excluding diaryl/α,β-unsaturated/α-hetero) is 1. The largest absolute Gasteiger partial charge is 0.461 e. The Morgan fingerprint density at radius 1 is 1.14 bits per heavy atom. The van der Waals surface area contributed by atoms with Gasteiger partial charge in [-0.05, 0) is 80.6 Å². The van der Waals surface area contributed by atoms with E-state index in [1.54, 1.807) is 18.4 Å². The van der Waals surface area contributed by atoms with Gasteiger partial charge in [0.05, 0.1) is 17.9 Å². The van der Waals surface area contributed by atoms with Crippen LogP contribution in [0.3, 0.4) is 0 Å². The lowest BCUT2D eigenvalue weighted by molar-refractivity contribution is 0.0852. The smallest absolute Gasteiger partial charge is 0.207 e. The number of aryl methyl sites for hydroxylation is 1. The second-order valence-corrected chi connectivity index (χ2v) is 7.99. The van der Waals surface area contributed by atoms with Crippen LogP contribution in [0.5, 0.6) is 0 Å². The summed E-state index contributed by atoms with van der Waals surface area (Å²) in [6, 6.07) is 18.2. The summed E-state index contributed by atoms with van der Waals surface area (Å²) in [5, 5.41) is 0. The average Bonchev–Trinajstić information content (AvgIpc) is 3.29. The number of nitrogens with zero attached hydrogens (tertiary/aromatic N) is 2. The zero-order valence-electron chi connectivity index (χ0n) is 17.0. The fraction of sp³-hybridized carbons (Fsp3) is 0.360. The zero-order chi connectivity index (χ0) is 20.1. The van der Waals surface area contributed by atoms with Crippen LogP contribution in [0.1, 0.15) is 46.1 Å². The van der Waals surface area contributed by atoms with Gasteiger partial charge in [0.1, 0.15) is 0 Å². The summed E-state index contributed by atoms with van der Waals surface area (Å²) in [6.07, 6.45) is 6.45. The number of likely N-dealkylation sites (tertiary alicyclic amines) is 1. The minimum absolute atomic E-state index is 0.0517. The Balaban J connectivity index is 1.44. The molecule has 1 saturated heterocycles. The summed E-state index contributed by atoms with van der Waals surface area (Å²) in [6.45, 7) is 5.15. The first-order valence-corrected chi connectivity index (χ1v) is 10.5. The van der Waals surface area contributed by atoms with Crippen molar-refractivity contribution in [2.45, 2.75) is 32.1 Å². The first-order valence-electron chi connectivity index (χ1n) is 10.5. The number of carbonyl (C=O) groups excluding carboxylic acids is 1. The zero-order valence-corrected chi connectivity index (χ0v) is 17.0. The fourth-order valence-electron chi connectivity index (χ4n) is 4.33. The number of rotatable bonds is 7. The SMILES string of the molecule is Cc1ccnc(C(C(=O)c2ccco2)C2CCN(CCc3ccccc3)CC2)c1. The molecular weight excluding hydrogens is 360 g/mol. The molecule has 2 aromatic heterocycles. The second-order valence-electron chi connectivity index (χ2n) is 7.99. The topological polar surface area (TPSA) is 46.3 Å². The molecule has 0 N–H and O–H groups in total. The number of benzene rings is 1. The fourth-order valence-corrected chi connectivity index (χ4v) is 4.33. The van der Waals surface area contributed by atoms with E-state index in [-0.39, 0.29) is 17.6 Å². The molecule has 0 aliphatic carbocycles. The van der Waals surface area contributed by atoms with E-state index in [9.17, 15) is 4.79 Å². The molecule has 1 atom stereocenters. The molecule has 1 unspecified atom stereocenters. The maximum Gasteiger partial charge on any atom is 0.207 e. The van der Waals surface area contributed by atoms with Gasteiger partial charge >= 0.3 is 0 Å². The van der Waals surface area contributed by atoms with Crippen LogP contribution in [0, 0.1) is 12.8 Å². The lowest BCUT2D eigenvalue weighted by Crippen LogP contribution is -2.38. The maximum atomic E-state index is 13.3. The van der Waals surface area contributed by atoms with Gasteiger partial charge < -0.3 is 9.32 Å². The molecule has 3 aromatic rings. The highest BCUT2D eigenvalue weighted by atomic mass is 16.3. The third kappa shape index (κ3) is 4.83. The van der Waals surface area contributed by atoms with Gasteiger partial charge in [-0.3, -0.25) is 9.78 Å². The molecule has 1 aliphatic rings. The molecule has 1 fully saturated rings. The molecular formula is C25H28N2O2. The Labute approximate surface area is 172 Å². The van der Waals surface area contributed by atoms with E-state index in [0.29, 0.717) is 5.76 Å². The van der Waals surface area contributed by atoms with Gasteiger partial charge in [0.25, 0.3) is 0 Å². The van der Waals surface area contributed by atoms with Crippen LogP contribution in [-0.4, -0.2) is 35.3 Å². The molecule has 4 heteroatoms. The average molecular weight is 389 g/mol. The second kappa shape index (κ2) is 9.19. The van der Waals surface area contributed by atoms with Gasteiger partial charge in [0.2, 0.25) is 5.78 Å². The van der Waals surface area contributed by atoms with E-state index in [1.807, 2.05) is 25.3 Å². The van der Waals surface area contributed by atoms with Crippen LogP contribution in [0.2, 0.25) is 0 Å². The quantitative estimate of drug-likeness (QED) is 0.540. The van der Waals surface area contributed by atoms with Gasteiger partial charge in [-0.15, -0.1) is 0 Å². The van der Waals surface area contributed by atoms with E-state index >= 15 is 0 Å². The van der Waals surface area contributed by atoms with Crippen molar-refractivity contribution in [2.24, 2.45) is 5.92 Å². The lowest BCUT2D eigenvalue weighted by Gasteiger charge is -2.35. The van der Waals surface area contributed by atoms with Crippen LogP contribution >= 0.6 is 0 Å². The molecule has 29 heavy (non-hydrogen) atoms. The van der Waals surface area contributed by atoms with Crippen LogP contribution in [0.25, 0.3) is 0 Å². The summed E-state index contributed by atoms with van der Waals surface area (Å²) >= 11 is 0. The molecule has 0 amide bonds. The van der Waals surface area contributed by atoms with Crippen molar-refractivity contribution >= 4 is 5.78 Å². The molecule has 1 aliphatic heterocycles. The highest BCUT2D eigenvalue weighted by Gasteiger charge is 2.35. The van der Waals surface area contributed by atoms with Crippen molar-refractivity contribution < 1.29 is 9.21 Å². The predicted octanol–water partition coefficient (Wildman–Crippen LogP) is 4.90. The van der Waals surface area contributed by atoms with Crippen molar-refractivity contribution in [3.05, 3.63) is 89.6 Å². The highest BCUT2D eigenvalue weighted by Crippen LogP contribution is 2.35. The number of piperidine rings is 1. The molecule has 0 spiro atoms. The Morgan fingerprint density at radius 3 is 2.62 bits per heavy atom. The number of hydrogen-bond donors (Lipinski definition) is 0. The van der Waals surface area contributed by atoms with Gasteiger partial charge in [0.15, 0.2) is 5.76 Å². The van der Waals surface area contributed by atoms with Gasteiger partial charge in [-0.1, -0.05) is 30.3 Å². The van der Waals surface area contributed by atoms with Gasteiger partial charge in [-0.2, -0.15) is 0 Å². The van der Waals surface area contributed by atoms with Gasteiger partial charge in [0, 0.05) is 12.7 Å². The summed E-state index contributed by atoms with van der Waals surface area (Å²) in [5.41, 5.74) is 3.38. The first kappa shape index (κ1) is 19.6. The molecule has 4 rings (SSSR count). The van der Waals surface area contributed by atoms with Crippen LogP contribution in [-0.2, 0) is 6.42 Å². The standard InChI is InChI=1S/C25H28N2O2/c1-19-9-13-26-22(18-19)24(25(28)23-8-5-17-29-23)21-11-15-27(16-12-21)14-10-20-6-3-2-4-7-20/h2-9,13,17-18,21,24H,10-12,14-16H2,1H3. The van der Waals surface area contributed by atoms with Crippen molar-refractivity contribution in [2.75, 3.05) is 19.6 Å². The number of carbonyl (C=O) groups is 1. The third-order valence-electron chi connectivity index (χ3n) is 5.96. The minimum Gasteiger partial charge on any atom is -0.461 e. The Bertz CT molecular complexity index is 913. The van der Waals surface area contributed by atoms with Crippen molar-refractivity contribution in [1.29, 1.82) is 0 Å². The number of ketones is 1. The van der Waals surface area contributed by atoms with Crippen molar-refractivity contribution in [3.8, 4) is 0 Å². The highest BCUT2D eigenvalue weighted by molar-refractivity contribution is 5.98. The molecule has 0 bridgehead atoms. The lowest BCUT2D eigenvalue weighted by atomic mass is 9.78. The Hall–Kier alpha value is -2.72. The Morgan fingerprint density at radius 2 is 1.93 bits per heavy atom. The van der Waals surface area contributed by atoms with Gasteiger partial charge in [-0.25, -0.2) is 0 Å². The molecule has 150 valence electrons. The number of hydrogen-bond acceptors (Lipinski definition) is 4. The van der Waals surface area contributed by atoms with E-state index in [2.05, 4.69) is 40.2 Å². The Kier molecular flexibility index (Phi) is 6.20. The third-order valence-corrected chi connectivity index (χ3v) is 5.96. The summed E-state index contributed by atoms with van der Waals surface area (Å²) < 4.78 is 5.44. The van der Waals surface area contributed by atoms with E-state index in [0.717, 1.165) is 50.2 Å². The summed E-state index contributed by atoms with van der Waals surface area (Å²) in [7, 11) is 0. The molecule has 3 heterocycles. The monoisotopic (exact) mass is 388 g/mol. The molecule has 0 radical (unpaired) electrons. The first-order chi connectivity index (χ1) is 14.2. The van der Waals surface area contributed by atoms with Crippen molar-refractivity contribution in [1.82, 2.24) is 9.88 Å². The minimum atomic E-state index is -0.239. The predicted molar refractivity (Wildman–Crippen MR) is 114 cm³/mol. The molecule has 1 aromatic carbocycles. The van der Waals surface area contributed by atoms with Crippen LogP contribution < -0.4 is 0 Å². The number of furan rings is 1. The summed E-state index contributed by atoms with van der Waals surface area (Å²) in [5.74, 6) is 0.535. The number of aromatic nitrogens is 1. The van der Waals surface area contributed by atoms with Crippen LogP contribution in [0.15, 0.2) is 71.5 Å². The van der Waals surface area contributed by atoms with E-state index in [4.69, 9.17) is 4.42 Å². The molecule has 4 nitrogen and oxygen atoms in total. The molecule has 0 saturated carbocycles. The maximum absolute atomic E-state index is 13.3. The number of pyridine rings is 1. The van der Waals surface area contributed by atoms with Crippen LogP contribution in [0.4, 0.5) is 0 Å². The van der Waals surface area contributed by atoms with Crippen molar-refractivity contribution in [3.63, 3.8) is 0 Å². The normalized spacial score (nSPS) is 16.6. The van der Waals surface area contributed by atoms with E-state index < -0.39 is 0 Å².